The van der Waals surface area contributed by atoms with E-state index in [1.54, 1.807) is 42.5 Å². The van der Waals surface area contributed by atoms with Crippen LogP contribution < -0.4 is 14.4 Å². The van der Waals surface area contributed by atoms with Gasteiger partial charge in [0.15, 0.2) is 0 Å². The minimum atomic E-state index is -4.30. The number of halogens is 3. The van der Waals surface area contributed by atoms with Gasteiger partial charge in [-0.15, -0.1) is 0 Å². The molecule has 2 amide bonds. The summed E-state index contributed by atoms with van der Waals surface area (Å²) in [4.78, 5) is 30.0. The van der Waals surface area contributed by atoms with Crippen molar-refractivity contribution in [2.24, 2.45) is 0 Å². The molecule has 0 fully saturated rings. The van der Waals surface area contributed by atoms with Gasteiger partial charge in [-0.1, -0.05) is 71.2 Å². The van der Waals surface area contributed by atoms with E-state index in [2.05, 4.69) is 5.32 Å². The standard InChI is InChI=1S/C36H38Cl3N3O5S/c1-5-47-30-17-15-29(16-18-30)42(48(45,46)31-19-13-27(37)14-20-31)24-34(43)41(23-26-11-12-28(38)22-32(26)39)33(35(44)40-36(2,3)4)21-25-9-7-6-8-10-25/h6-20,22,33H,5,21,23-24H2,1-4H3,(H,40,44). The van der Waals surface area contributed by atoms with Crippen molar-refractivity contribution in [1.82, 2.24) is 10.2 Å². The molecule has 0 saturated heterocycles. The van der Waals surface area contributed by atoms with Gasteiger partial charge >= 0.3 is 0 Å². The fraction of sp³-hybridized carbons (Fsp3) is 0.278. The molecule has 0 bridgehead atoms. The minimum Gasteiger partial charge on any atom is -0.494 e. The minimum absolute atomic E-state index is 0.0628. The fourth-order valence-corrected chi connectivity index (χ4v) is 6.99. The summed E-state index contributed by atoms with van der Waals surface area (Å²) in [7, 11) is -4.30. The van der Waals surface area contributed by atoms with E-state index >= 15 is 0 Å². The molecule has 0 aliphatic heterocycles. The Kier molecular flexibility index (Phi) is 12.4. The molecule has 0 spiro atoms. The van der Waals surface area contributed by atoms with Crippen LogP contribution >= 0.6 is 34.8 Å². The number of amides is 2. The summed E-state index contributed by atoms with van der Waals surface area (Å²) in [5, 5.41) is 4.07. The van der Waals surface area contributed by atoms with Crippen molar-refractivity contribution in [3.8, 4) is 5.75 Å². The number of anilines is 1. The Hall–Kier alpha value is -3.76. The van der Waals surface area contributed by atoms with Crippen LogP contribution in [0.1, 0.15) is 38.8 Å². The molecule has 254 valence electrons. The second-order valence-electron chi connectivity index (χ2n) is 12.1. The Morgan fingerprint density at radius 2 is 1.48 bits per heavy atom. The maximum Gasteiger partial charge on any atom is 0.264 e. The first-order chi connectivity index (χ1) is 22.7. The van der Waals surface area contributed by atoms with Gasteiger partial charge in [-0.05, 0) is 99.5 Å². The number of hydrogen-bond acceptors (Lipinski definition) is 5. The van der Waals surface area contributed by atoms with E-state index in [0.717, 1.165) is 9.87 Å². The lowest BCUT2D eigenvalue weighted by Gasteiger charge is -2.35. The van der Waals surface area contributed by atoms with Crippen LogP contribution in [0.3, 0.4) is 0 Å². The molecule has 0 aliphatic carbocycles. The lowest BCUT2D eigenvalue weighted by Crippen LogP contribution is -2.56. The smallest absolute Gasteiger partial charge is 0.264 e. The Balaban J connectivity index is 1.84. The fourth-order valence-electron chi connectivity index (χ4n) is 4.98. The van der Waals surface area contributed by atoms with Crippen LogP contribution in [0, 0.1) is 0 Å². The molecule has 48 heavy (non-hydrogen) atoms. The predicted molar refractivity (Wildman–Crippen MR) is 192 cm³/mol. The summed E-state index contributed by atoms with van der Waals surface area (Å²) in [5.74, 6) is -0.493. The van der Waals surface area contributed by atoms with Crippen molar-refractivity contribution in [2.75, 3.05) is 17.5 Å². The molecule has 0 aromatic heterocycles. The van der Waals surface area contributed by atoms with Gasteiger partial charge < -0.3 is 15.0 Å². The van der Waals surface area contributed by atoms with E-state index < -0.39 is 40.0 Å². The Morgan fingerprint density at radius 1 is 0.854 bits per heavy atom. The quantitative estimate of drug-likeness (QED) is 0.152. The SMILES string of the molecule is CCOc1ccc(N(CC(=O)N(Cc2ccc(Cl)cc2Cl)C(Cc2ccccc2)C(=O)NC(C)(C)C)S(=O)(=O)c2ccc(Cl)cc2)cc1. The summed E-state index contributed by atoms with van der Waals surface area (Å²) >= 11 is 18.8. The Labute approximate surface area is 297 Å². The maximum absolute atomic E-state index is 14.6. The zero-order valence-electron chi connectivity index (χ0n) is 27.1. The lowest BCUT2D eigenvalue weighted by molar-refractivity contribution is -0.140. The maximum atomic E-state index is 14.6. The number of sulfonamides is 1. The van der Waals surface area contributed by atoms with Crippen LogP contribution in [0.25, 0.3) is 0 Å². The zero-order valence-corrected chi connectivity index (χ0v) is 30.2. The van der Waals surface area contributed by atoms with Crippen LogP contribution in [0.2, 0.25) is 15.1 Å². The number of rotatable bonds is 13. The number of carbonyl (C=O) groups excluding carboxylic acids is 2. The van der Waals surface area contributed by atoms with E-state index in [4.69, 9.17) is 39.5 Å². The van der Waals surface area contributed by atoms with Gasteiger partial charge in [0.25, 0.3) is 10.0 Å². The molecule has 1 unspecified atom stereocenters. The average molecular weight is 731 g/mol. The van der Waals surface area contributed by atoms with Gasteiger partial charge in [0.2, 0.25) is 11.8 Å². The Morgan fingerprint density at radius 3 is 2.06 bits per heavy atom. The monoisotopic (exact) mass is 729 g/mol. The first kappa shape index (κ1) is 37.1. The van der Waals surface area contributed by atoms with Gasteiger partial charge in [-0.25, -0.2) is 8.42 Å². The highest BCUT2D eigenvalue weighted by Crippen LogP contribution is 2.29. The highest BCUT2D eigenvalue weighted by molar-refractivity contribution is 7.92. The van der Waals surface area contributed by atoms with Crippen molar-refractivity contribution in [3.63, 3.8) is 0 Å². The molecule has 1 N–H and O–H groups in total. The average Bonchev–Trinajstić information content (AvgIpc) is 3.03. The molecule has 0 radical (unpaired) electrons. The summed E-state index contributed by atoms with van der Waals surface area (Å²) in [6, 6.07) is 25.2. The van der Waals surface area contributed by atoms with E-state index in [-0.39, 0.29) is 23.5 Å². The van der Waals surface area contributed by atoms with E-state index in [9.17, 15) is 18.0 Å². The number of nitrogens with one attached hydrogen (secondary N) is 1. The number of ether oxygens (including phenoxy) is 1. The summed E-state index contributed by atoms with van der Waals surface area (Å²) < 4.78 is 35.0. The molecule has 1 atom stereocenters. The lowest BCUT2D eigenvalue weighted by atomic mass is 10.0. The molecule has 12 heteroatoms. The summed E-state index contributed by atoms with van der Waals surface area (Å²) in [5.41, 5.74) is 0.947. The predicted octanol–water partition coefficient (Wildman–Crippen LogP) is 7.80. The second-order valence-corrected chi connectivity index (χ2v) is 15.2. The van der Waals surface area contributed by atoms with E-state index in [1.807, 2.05) is 58.0 Å². The first-order valence-corrected chi connectivity index (χ1v) is 17.9. The van der Waals surface area contributed by atoms with Crippen LogP contribution in [0.4, 0.5) is 5.69 Å². The number of nitrogens with zero attached hydrogens (tertiary/aromatic N) is 2. The van der Waals surface area contributed by atoms with Crippen molar-refractivity contribution in [2.45, 2.75) is 57.1 Å². The first-order valence-electron chi connectivity index (χ1n) is 15.3. The summed E-state index contributed by atoms with van der Waals surface area (Å²) in [6.07, 6.45) is 0.159. The topological polar surface area (TPSA) is 96.0 Å². The van der Waals surface area contributed by atoms with Gasteiger partial charge in [-0.3, -0.25) is 13.9 Å². The van der Waals surface area contributed by atoms with Crippen LogP contribution in [0.15, 0.2) is 102 Å². The van der Waals surface area contributed by atoms with Crippen molar-refractivity contribution in [3.05, 3.63) is 123 Å². The van der Waals surface area contributed by atoms with Crippen molar-refractivity contribution >= 4 is 62.3 Å². The van der Waals surface area contributed by atoms with E-state index in [0.29, 0.717) is 33.0 Å². The van der Waals surface area contributed by atoms with Gasteiger partial charge in [0.1, 0.15) is 18.3 Å². The molecule has 4 aromatic carbocycles. The van der Waals surface area contributed by atoms with Crippen molar-refractivity contribution in [1.29, 1.82) is 0 Å². The molecule has 4 aromatic rings. The van der Waals surface area contributed by atoms with Crippen LogP contribution in [0.5, 0.6) is 5.75 Å². The molecule has 0 aliphatic rings. The third kappa shape index (κ3) is 9.89. The molecule has 0 saturated carbocycles. The van der Waals surface area contributed by atoms with Crippen molar-refractivity contribution < 1.29 is 22.7 Å². The number of hydrogen-bond donors (Lipinski definition) is 1. The Bertz CT molecular complexity index is 1810. The molecule has 0 heterocycles. The van der Waals surface area contributed by atoms with Crippen LogP contribution in [-0.2, 0) is 32.6 Å². The highest BCUT2D eigenvalue weighted by Gasteiger charge is 2.36. The zero-order chi connectivity index (χ0) is 35.1. The molecular weight excluding hydrogens is 693 g/mol. The molecule has 4 rings (SSSR count). The van der Waals surface area contributed by atoms with Crippen LogP contribution in [-0.4, -0.2) is 49.9 Å². The normalized spacial score (nSPS) is 12.2. The third-order valence-electron chi connectivity index (χ3n) is 7.24. The highest BCUT2D eigenvalue weighted by atomic mass is 35.5. The van der Waals surface area contributed by atoms with Gasteiger partial charge in [-0.2, -0.15) is 0 Å². The number of carbonyl (C=O) groups is 2. The van der Waals surface area contributed by atoms with E-state index in [1.165, 1.54) is 29.2 Å². The largest absolute Gasteiger partial charge is 0.494 e. The third-order valence-corrected chi connectivity index (χ3v) is 9.87. The van der Waals surface area contributed by atoms with Gasteiger partial charge in [0, 0.05) is 33.6 Å². The summed E-state index contributed by atoms with van der Waals surface area (Å²) in [6.45, 7) is 7.08. The molecule has 8 nitrogen and oxygen atoms in total. The second kappa shape index (κ2) is 16.1. The van der Waals surface area contributed by atoms with Gasteiger partial charge in [0.05, 0.1) is 17.2 Å². The molecular formula is C36H38Cl3N3O5S. The number of benzene rings is 4.